The molecular formula is C20H22O4. The van der Waals surface area contributed by atoms with Gasteiger partial charge in [0.05, 0.1) is 0 Å². The van der Waals surface area contributed by atoms with Crippen molar-refractivity contribution in [2.75, 3.05) is 13.2 Å². The van der Waals surface area contributed by atoms with Crippen LogP contribution in [0.1, 0.15) is 18.1 Å². The number of carbonyl (C=O) groups is 1. The summed E-state index contributed by atoms with van der Waals surface area (Å²) in [5.74, 6) is 0.251. The first-order chi connectivity index (χ1) is 11.7. The zero-order valence-electron chi connectivity index (χ0n) is 13.7. The van der Waals surface area contributed by atoms with Crippen molar-refractivity contribution in [3.05, 3.63) is 77.9 Å². The Balaban J connectivity index is 1.89. The van der Waals surface area contributed by atoms with Crippen molar-refractivity contribution in [1.82, 2.24) is 0 Å². The van der Waals surface area contributed by atoms with Crippen LogP contribution in [0.5, 0.6) is 5.75 Å². The zero-order valence-corrected chi connectivity index (χ0v) is 13.7. The summed E-state index contributed by atoms with van der Waals surface area (Å²) in [4.78, 5) is 11.2. The maximum absolute atomic E-state index is 11.2. The maximum atomic E-state index is 11.2. The van der Waals surface area contributed by atoms with Gasteiger partial charge in [-0.25, -0.2) is 4.79 Å². The minimum absolute atomic E-state index is 0.0644. The highest BCUT2D eigenvalue weighted by Gasteiger charge is 2.10. The number of rotatable bonds is 8. The van der Waals surface area contributed by atoms with Crippen LogP contribution in [-0.4, -0.2) is 30.4 Å². The van der Waals surface area contributed by atoms with Crippen LogP contribution in [0.4, 0.5) is 0 Å². The Morgan fingerprint density at radius 2 is 1.79 bits per heavy atom. The van der Waals surface area contributed by atoms with Crippen LogP contribution in [0.2, 0.25) is 0 Å². The van der Waals surface area contributed by atoms with Gasteiger partial charge in [0, 0.05) is 12.5 Å². The third kappa shape index (κ3) is 5.89. The van der Waals surface area contributed by atoms with E-state index < -0.39 is 12.1 Å². The quantitative estimate of drug-likeness (QED) is 0.598. The van der Waals surface area contributed by atoms with E-state index in [0.29, 0.717) is 0 Å². The number of carbonyl (C=O) groups excluding carboxylic acids is 1. The van der Waals surface area contributed by atoms with Gasteiger partial charge in [-0.15, -0.1) is 0 Å². The summed E-state index contributed by atoms with van der Waals surface area (Å²) in [7, 11) is 0. The number of benzene rings is 2. The first-order valence-electron chi connectivity index (χ1n) is 7.91. The molecule has 0 bridgehead atoms. The molecule has 1 unspecified atom stereocenters. The summed E-state index contributed by atoms with van der Waals surface area (Å²) in [5.41, 5.74) is 2.23. The lowest BCUT2D eigenvalue weighted by atomic mass is 10.0. The van der Waals surface area contributed by atoms with Gasteiger partial charge >= 0.3 is 5.97 Å². The van der Waals surface area contributed by atoms with Crippen molar-refractivity contribution in [3.63, 3.8) is 0 Å². The minimum Gasteiger partial charge on any atom is -0.490 e. The second-order valence-electron chi connectivity index (χ2n) is 5.36. The van der Waals surface area contributed by atoms with Gasteiger partial charge in [0.1, 0.15) is 25.1 Å². The second kappa shape index (κ2) is 9.53. The molecule has 0 radical (unpaired) electrons. The lowest BCUT2D eigenvalue weighted by Crippen LogP contribution is -2.25. The molecule has 0 aliphatic carbocycles. The smallest absolute Gasteiger partial charge is 0.330 e. The normalized spacial score (nSPS) is 12.1. The molecule has 0 aliphatic rings. The Kier molecular flexibility index (Phi) is 7.05. The molecule has 126 valence electrons. The van der Waals surface area contributed by atoms with Crippen molar-refractivity contribution in [2.45, 2.75) is 19.4 Å². The number of esters is 1. The number of para-hydroxylation sites is 1. The molecule has 0 saturated carbocycles. The van der Waals surface area contributed by atoms with E-state index in [1.807, 2.05) is 42.5 Å². The molecular weight excluding hydrogens is 304 g/mol. The standard InChI is InChI=1S/C20H22O4/c1-2-8-20(22)24-15-18(21)14-23-19-12-7-6-11-17(19)13-16-9-4-3-5-10-16/h2-12,18,21H,13-15H2,1H3. The van der Waals surface area contributed by atoms with Gasteiger partial charge in [-0.1, -0.05) is 54.6 Å². The fraction of sp³-hybridized carbons (Fsp3) is 0.250. The molecule has 2 rings (SSSR count). The van der Waals surface area contributed by atoms with Gasteiger partial charge in [0.25, 0.3) is 0 Å². The molecule has 1 N–H and O–H groups in total. The fourth-order valence-electron chi connectivity index (χ4n) is 2.20. The summed E-state index contributed by atoms with van der Waals surface area (Å²) in [6.45, 7) is 1.70. The van der Waals surface area contributed by atoms with Gasteiger partial charge in [-0.3, -0.25) is 0 Å². The van der Waals surface area contributed by atoms with Gasteiger partial charge in [0.15, 0.2) is 0 Å². The molecule has 24 heavy (non-hydrogen) atoms. The Morgan fingerprint density at radius 1 is 1.08 bits per heavy atom. The lowest BCUT2D eigenvalue weighted by molar-refractivity contribution is -0.141. The van der Waals surface area contributed by atoms with E-state index in [0.717, 1.165) is 17.7 Å². The molecule has 4 heteroatoms. The van der Waals surface area contributed by atoms with Crippen LogP contribution in [-0.2, 0) is 16.0 Å². The molecule has 2 aromatic rings. The van der Waals surface area contributed by atoms with Crippen molar-refractivity contribution < 1.29 is 19.4 Å². The van der Waals surface area contributed by atoms with Gasteiger partial charge < -0.3 is 14.6 Å². The Morgan fingerprint density at radius 3 is 2.54 bits per heavy atom. The Bertz CT molecular complexity index is 664. The molecule has 0 saturated heterocycles. The van der Waals surface area contributed by atoms with Gasteiger partial charge in [0.2, 0.25) is 0 Å². The predicted molar refractivity (Wildman–Crippen MR) is 93.0 cm³/mol. The number of ether oxygens (including phenoxy) is 2. The Hall–Kier alpha value is -2.59. The van der Waals surface area contributed by atoms with E-state index in [2.05, 4.69) is 12.1 Å². The number of aliphatic hydroxyl groups is 1. The van der Waals surface area contributed by atoms with Crippen molar-refractivity contribution in [3.8, 4) is 5.75 Å². The molecule has 1 atom stereocenters. The van der Waals surface area contributed by atoms with Crippen molar-refractivity contribution >= 4 is 5.97 Å². The minimum atomic E-state index is -0.871. The molecule has 4 nitrogen and oxygen atoms in total. The number of aliphatic hydroxyl groups excluding tert-OH is 1. The third-order valence-electron chi connectivity index (χ3n) is 3.36. The van der Waals surface area contributed by atoms with Crippen LogP contribution in [0.25, 0.3) is 0 Å². The van der Waals surface area contributed by atoms with E-state index in [1.54, 1.807) is 13.0 Å². The summed E-state index contributed by atoms with van der Waals surface area (Å²) in [5, 5.41) is 9.88. The average Bonchev–Trinajstić information content (AvgIpc) is 2.60. The Labute approximate surface area is 142 Å². The number of allylic oxidation sites excluding steroid dienone is 1. The summed E-state index contributed by atoms with van der Waals surface area (Å²) in [6, 6.07) is 17.8. The SMILES string of the molecule is CC=CC(=O)OCC(O)COc1ccccc1Cc1ccccc1. The highest BCUT2D eigenvalue weighted by atomic mass is 16.5. The van der Waals surface area contributed by atoms with E-state index in [4.69, 9.17) is 9.47 Å². The van der Waals surface area contributed by atoms with Crippen LogP contribution in [0.15, 0.2) is 66.7 Å². The van der Waals surface area contributed by atoms with Crippen LogP contribution >= 0.6 is 0 Å². The van der Waals surface area contributed by atoms with Crippen molar-refractivity contribution in [2.24, 2.45) is 0 Å². The highest BCUT2D eigenvalue weighted by molar-refractivity contribution is 5.81. The maximum Gasteiger partial charge on any atom is 0.330 e. The van der Waals surface area contributed by atoms with E-state index in [1.165, 1.54) is 11.6 Å². The molecule has 0 spiro atoms. The van der Waals surface area contributed by atoms with Crippen molar-refractivity contribution in [1.29, 1.82) is 0 Å². The van der Waals surface area contributed by atoms with E-state index in [-0.39, 0.29) is 13.2 Å². The molecule has 2 aromatic carbocycles. The molecule has 0 fully saturated rings. The van der Waals surface area contributed by atoms with Crippen LogP contribution in [0, 0.1) is 0 Å². The monoisotopic (exact) mass is 326 g/mol. The topological polar surface area (TPSA) is 55.8 Å². The molecule has 0 aliphatic heterocycles. The van der Waals surface area contributed by atoms with Gasteiger partial charge in [-0.05, 0) is 24.1 Å². The average molecular weight is 326 g/mol. The largest absolute Gasteiger partial charge is 0.490 e. The first-order valence-corrected chi connectivity index (χ1v) is 7.91. The summed E-state index contributed by atoms with van der Waals surface area (Å²) in [6.07, 6.45) is 2.78. The van der Waals surface area contributed by atoms with E-state index >= 15 is 0 Å². The van der Waals surface area contributed by atoms with E-state index in [9.17, 15) is 9.90 Å². The highest BCUT2D eigenvalue weighted by Crippen LogP contribution is 2.21. The predicted octanol–water partition coefficient (Wildman–Crippen LogP) is 3.14. The van der Waals surface area contributed by atoms with Gasteiger partial charge in [-0.2, -0.15) is 0 Å². The number of hydrogen-bond donors (Lipinski definition) is 1. The fourth-order valence-corrected chi connectivity index (χ4v) is 2.20. The summed E-state index contributed by atoms with van der Waals surface area (Å²) >= 11 is 0. The summed E-state index contributed by atoms with van der Waals surface area (Å²) < 4.78 is 10.6. The second-order valence-corrected chi connectivity index (χ2v) is 5.36. The number of hydrogen-bond acceptors (Lipinski definition) is 4. The first kappa shape index (κ1) is 17.8. The third-order valence-corrected chi connectivity index (χ3v) is 3.36. The molecule has 0 heterocycles. The zero-order chi connectivity index (χ0) is 17.2. The van der Waals surface area contributed by atoms with Crippen LogP contribution in [0.3, 0.4) is 0 Å². The lowest BCUT2D eigenvalue weighted by Gasteiger charge is -2.15. The molecule has 0 amide bonds. The van der Waals surface area contributed by atoms with Crippen LogP contribution < -0.4 is 4.74 Å². The molecule has 0 aromatic heterocycles.